The first kappa shape index (κ1) is 14.1. The van der Waals surface area contributed by atoms with Crippen molar-refractivity contribution in [1.29, 1.82) is 0 Å². The van der Waals surface area contributed by atoms with Gasteiger partial charge in [-0.25, -0.2) is 0 Å². The Hall–Kier alpha value is -0.340. The topological polar surface area (TPSA) is 26.0 Å². The molecule has 0 saturated carbocycles. The van der Waals surface area contributed by atoms with Gasteiger partial charge in [-0.3, -0.25) is 0 Å². The molecule has 1 nitrogen and oxygen atoms in total. The normalized spacial score (nSPS) is 17.2. The minimum Gasteiger partial charge on any atom is -0.323 e. The number of rotatable bonds is 6. The summed E-state index contributed by atoms with van der Waals surface area (Å²) < 4.78 is 0. The number of nitrogens with two attached hydrogens (primary N) is 1. The molecule has 18 heavy (non-hydrogen) atoms. The van der Waals surface area contributed by atoms with Crippen LogP contribution in [0.2, 0.25) is 0 Å². The van der Waals surface area contributed by atoms with Crippen molar-refractivity contribution < 1.29 is 0 Å². The molecule has 1 aromatic rings. The molecule has 1 unspecified atom stereocenters. The molecule has 0 saturated heterocycles. The highest BCUT2D eigenvalue weighted by atomic mass is 32.1. The fraction of sp³-hybridized carbons (Fsp3) is 0.750. The molecule has 0 fully saturated rings. The second-order valence-electron chi connectivity index (χ2n) is 5.61. The van der Waals surface area contributed by atoms with E-state index < -0.39 is 0 Å². The van der Waals surface area contributed by atoms with Crippen molar-refractivity contribution in [2.24, 2.45) is 5.73 Å². The van der Waals surface area contributed by atoms with Crippen LogP contribution in [0, 0.1) is 0 Å². The first-order chi connectivity index (χ1) is 8.81. The third-order valence-electron chi connectivity index (χ3n) is 4.00. The number of thiophene rings is 1. The van der Waals surface area contributed by atoms with Gasteiger partial charge in [-0.05, 0) is 43.7 Å². The zero-order valence-electron chi connectivity index (χ0n) is 11.7. The SMILES string of the molecule is CCCCCCC(N)c1cc2c(s1)CCCCC2. The zero-order valence-corrected chi connectivity index (χ0v) is 12.5. The highest BCUT2D eigenvalue weighted by molar-refractivity contribution is 7.12. The minimum atomic E-state index is 0.291. The highest BCUT2D eigenvalue weighted by Gasteiger charge is 2.15. The van der Waals surface area contributed by atoms with E-state index >= 15 is 0 Å². The molecule has 0 radical (unpaired) electrons. The molecule has 1 heterocycles. The average Bonchev–Trinajstić information content (AvgIpc) is 2.66. The van der Waals surface area contributed by atoms with Gasteiger partial charge >= 0.3 is 0 Å². The molecule has 1 aromatic heterocycles. The van der Waals surface area contributed by atoms with Gasteiger partial charge < -0.3 is 5.73 Å². The Bertz CT molecular complexity index is 332. The van der Waals surface area contributed by atoms with Crippen molar-refractivity contribution in [2.75, 3.05) is 0 Å². The largest absolute Gasteiger partial charge is 0.323 e. The highest BCUT2D eigenvalue weighted by Crippen LogP contribution is 2.33. The fourth-order valence-electron chi connectivity index (χ4n) is 2.81. The Morgan fingerprint density at radius 1 is 1.17 bits per heavy atom. The average molecular weight is 265 g/mol. The van der Waals surface area contributed by atoms with Crippen LogP contribution < -0.4 is 5.73 Å². The lowest BCUT2D eigenvalue weighted by Crippen LogP contribution is -2.08. The van der Waals surface area contributed by atoms with Crippen LogP contribution in [-0.2, 0) is 12.8 Å². The van der Waals surface area contributed by atoms with Gasteiger partial charge in [0.15, 0.2) is 0 Å². The fourth-order valence-corrected chi connectivity index (χ4v) is 4.10. The maximum atomic E-state index is 6.34. The predicted molar refractivity (Wildman–Crippen MR) is 81.3 cm³/mol. The molecule has 1 aliphatic carbocycles. The Labute approximate surface area is 116 Å². The van der Waals surface area contributed by atoms with E-state index in [2.05, 4.69) is 13.0 Å². The van der Waals surface area contributed by atoms with E-state index in [9.17, 15) is 0 Å². The van der Waals surface area contributed by atoms with Crippen molar-refractivity contribution in [3.05, 3.63) is 21.4 Å². The molecule has 0 bridgehead atoms. The van der Waals surface area contributed by atoms with E-state index in [1.807, 2.05) is 11.3 Å². The van der Waals surface area contributed by atoms with Crippen molar-refractivity contribution >= 4 is 11.3 Å². The van der Waals surface area contributed by atoms with Crippen LogP contribution in [0.1, 0.15) is 79.6 Å². The van der Waals surface area contributed by atoms with E-state index in [0.717, 1.165) is 0 Å². The summed E-state index contributed by atoms with van der Waals surface area (Å²) in [6.07, 6.45) is 13.2. The first-order valence-corrected chi connectivity index (χ1v) is 8.50. The molecule has 0 spiro atoms. The quantitative estimate of drug-likeness (QED) is 0.569. The molecule has 1 atom stereocenters. The molecule has 102 valence electrons. The third-order valence-corrected chi connectivity index (χ3v) is 5.37. The standard InChI is InChI=1S/C16H27NS/c1-2-3-4-7-10-14(17)16-12-13-9-6-5-8-11-15(13)18-16/h12,14H,2-11,17H2,1H3. The molecule has 2 rings (SSSR count). The van der Waals surface area contributed by atoms with E-state index in [0.29, 0.717) is 6.04 Å². The lowest BCUT2D eigenvalue weighted by molar-refractivity contribution is 0.571. The maximum Gasteiger partial charge on any atom is 0.0389 e. The molecule has 1 aliphatic rings. The molecule has 0 aromatic carbocycles. The van der Waals surface area contributed by atoms with Gasteiger partial charge in [0.25, 0.3) is 0 Å². The van der Waals surface area contributed by atoms with Crippen LogP contribution in [0.15, 0.2) is 6.07 Å². The van der Waals surface area contributed by atoms with Crippen molar-refractivity contribution in [2.45, 2.75) is 77.2 Å². The summed E-state index contributed by atoms with van der Waals surface area (Å²) >= 11 is 2.00. The van der Waals surface area contributed by atoms with Crippen molar-refractivity contribution in [1.82, 2.24) is 0 Å². The lowest BCUT2D eigenvalue weighted by Gasteiger charge is -2.08. The van der Waals surface area contributed by atoms with Crippen LogP contribution in [0.3, 0.4) is 0 Å². The van der Waals surface area contributed by atoms with E-state index in [1.54, 1.807) is 10.4 Å². The Balaban J connectivity index is 1.88. The van der Waals surface area contributed by atoms with Gasteiger partial charge in [0.1, 0.15) is 0 Å². The van der Waals surface area contributed by atoms with Crippen LogP contribution in [0.5, 0.6) is 0 Å². The van der Waals surface area contributed by atoms with Gasteiger partial charge in [0.2, 0.25) is 0 Å². The van der Waals surface area contributed by atoms with Crippen LogP contribution in [0.4, 0.5) is 0 Å². The third kappa shape index (κ3) is 3.83. The zero-order chi connectivity index (χ0) is 12.8. The lowest BCUT2D eigenvalue weighted by atomic mass is 10.1. The molecule has 0 amide bonds. The number of fused-ring (bicyclic) bond motifs is 1. The number of aryl methyl sites for hydroxylation is 2. The summed E-state index contributed by atoms with van der Waals surface area (Å²) in [5, 5.41) is 0. The summed E-state index contributed by atoms with van der Waals surface area (Å²) in [5.74, 6) is 0. The van der Waals surface area contributed by atoms with Crippen LogP contribution in [0.25, 0.3) is 0 Å². The summed E-state index contributed by atoms with van der Waals surface area (Å²) in [7, 11) is 0. The van der Waals surface area contributed by atoms with E-state index in [-0.39, 0.29) is 0 Å². The molecule has 0 aliphatic heterocycles. The minimum absolute atomic E-state index is 0.291. The number of hydrogen-bond acceptors (Lipinski definition) is 2. The van der Waals surface area contributed by atoms with Crippen molar-refractivity contribution in [3.8, 4) is 0 Å². The first-order valence-electron chi connectivity index (χ1n) is 7.68. The van der Waals surface area contributed by atoms with E-state index in [4.69, 9.17) is 5.73 Å². The molecule has 2 heteroatoms. The van der Waals surface area contributed by atoms with Gasteiger partial charge in [0.05, 0.1) is 0 Å². The van der Waals surface area contributed by atoms with Gasteiger partial charge in [-0.2, -0.15) is 0 Å². The Kier molecular flexibility index (Phi) is 5.71. The number of unbranched alkanes of at least 4 members (excludes halogenated alkanes) is 3. The monoisotopic (exact) mass is 265 g/mol. The second kappa shape index (κ2) is 7.30. The molecular weight excluding hydrogens is 238 g/mol. The Morgan fingerprint density at radius 2 is 2.00 bits per heavy atom. The summed E-state index contributed by atoms with van der Waals surface area (Å²) in [4.78, 5) is 3.07. The predicted octanol–water partition coefficient (Wildman–Crippen LogP) is 4.99. The second-order valence-corrected chi connectivity index (χ2v) is 6.78. The Morgan fingerprint density at radius 3 is 2.83 bits per heavy atom. The number of hydrogen-bond donors (Lipinski definition) is 1. The van der Waals surface area contributed by atoms with Crippen LogP contribution in [-0.4, -0.2) is 0 Å². The molecular formula is C16H27NS. The van der Waals surface area contributed by atoms with Crippen LogP contribution >= 0.6 is 11.3 Å². The summed E-state index contributed by atoms with van der Waals surface area (Å²) in [6, 6.07) is 2.70. The van der Waals surface area contributed by atoms with E-state index in [1.165, 1.54) is 69.1 Å². The van der Waals surface area contributed by atoms with Gasteiger partial charge in [-0.1, -0.05) is 39.0 Å². The maximum absolute atomic E-state index is 6.34. The smallest absolute Gasteiger partial charge is 0.0389 e. The van der Waals surface area contributed by atoms with Gasteiger partial charge in [0, 0.05) is 15.8 Å². The molecule has 2 N–H and O–H groups in total. The van der Waals surface area contributed by atoms with Gasteiger partial charge in [-0.15, -0.1) is 11.3 Å². The van der Waals surface area contributed by atoms with Crippen molar-refractivity contribution in [3.63, 3.8) is 0 Å². The summed E-state index contributed by atoms with van der Waals surface area (Å²) in [5.41, 5.74) is 7.95. The summed E-state index contributed by atoms with van der Waals surface area (Å²) in [6.45, 7) is 2.26.